The molecule has 2 aromatic heterocycles. The topological polar surface area (TPSA) is 51.8 Å². The Morgan fingerprint density at radius 3 is 2.44 bits per heavy atom. The average Bonchev–Trinajstić information content (AvgIpc) is 3.23. The van der Waals surface area contributed by atoms with E-state index in [1.54, 1.807) is 12.7 Å². The molecule has 0 atom stereocenters. The minimum Gasteiger partial charge on any atom is -0.294 e. The third kappa shape index (κ3) is 5.26. The monoisotopic (exact) mass is 366 g/mol. The third-order valence-electron chi connectivity index (χ3n) is 4.78. The Balaban J connectivity index is 1.81. The highest BCUT2D eigenvalue weighted by atomic mass is 15.3. The minimum absolute atomic E-state index is 0.613. The zero-order valence-electron chi connectivity index (χ0n) is 17.1. The Morgan fingerprint density at radius 2 is 1.81 bits per heavy atom. The van der Waals surface area contributed by atoms with Gasteiger partial charge in [-0.2, -0.15) is 10.2 Å². The average molecular weight is 367 g/mol. The van der Waals surface area contributed by atoms with Crippen LogP contribution < -0.4 is 0 Å². The van der Waals surface area contributed by atoms with Gasteiger partial charge in [-0.25, -0.2) is 9.67 Å². The van der Waals surface area contributed by atoms with E-state index in [-0.39, 0.29) is 0 Å². The van der Waals surface area contributed by atoms with Crippen LogP contribution in [0, 0.1) is 19.8 Å². The summed E-state index contributed by atoms with van der Waals surface area (Å²) in [6, 6.07) is 4.63. The van der Waals surface area contributed by atoms with Gasteiger partial charge in [-0.15, -0.1) is 0 Å². The van der Waals surface area contributed by atoms with Gasteiger partial charge in [0.25, 0.3) is 0 Å². The van der Waals surface area contributed by atoms with Gasteiger partial charge in [-0.05, 0) is 42.0 Å². The van der Waals surface area contributed by atoms with E-state index in [0.29, 0.717) is 5.92 Å². The summed E-state index contributed by atoms with van der Waals surface area (Å²) >= 11 is 0. The van der Waals surface area contributed by atoms with Crippen LogP contribution >= 0.6 is 0 Å². The van der Waals surface area contributed by atoms with Crippen molar-refractivity contribution in [3.8, 4) is 0 Å². The standard InChI is InChI=1S/C21H30N6/c1-16(2)9-26(11-19-8-23-25(5)10-19)12-20-7-21(18(4)6-17(20)3)13-27-15-22-14-24-27/h6-8,10,14-16H,9,11-13H2,1-5H3. The molecule has 3 rings (SSSR count). The molecule has 27 heavy (non-hydrogen) atoms. The van der Waals surface area contributed by atoms with Crippen LogP contribution in [-0.4, -0.2) is 36.0 Å². The Bertz CT molecular complexity index is 863. The maximum Gasteiger partial charge on any atom is 0.137 e. The first-order chi connectivity index (χ1) is 12.9. The molecule has 0 radical (unpaired) electrons. The lowest BCUT2D eigenvalue weighted by Gasteiger charge is -2.25. The molecule has 0 aliphatic rings. The van der Waals surface area contributed by atoms with Gasteiger partial charge < -0.3 is 0 Å². The summed E-state index contributed by atoms with van der Waals surface area (Å²) in [7, 11) is 1.97. The second-order valence-electron chi connectivity index (χ2n) is 7.88. The molecule has 0 N–H and O–H groups in total. The molecule has 2 heterocycles. The summed E-state index contributed by atoms with van der Waals surface area (Å²) < 4.78 is 3.75. The van der Waals surface area contributed by atoms with Gasteiger partial charge in [0.05, 0.1) is 12.7 Å². The van der Waals surface area contributed by atoms with E-state index in [2.05, 4.69) is 66.1 Å². The van der Waals surface area contributed by atoms with E-state index >= 15 is 0 Å². The molecule has 0 saturated carbocycles. The Labute approximate surface area is 161 Å². The molecule has 1 aromatic carbocycles. The van der Waals surface area contributed by atoms with Crippen molar-refractivity contribution < 1.29 is 0 Å². The molecule has 0 spiro atoms. The second-order valence-corrected chi connectivity index (χ2v) is 7.88. The molecule has 6 heteroatoms. The predicted octanol–water partition coefficient (Wildman–Crippen LogP) is 3.33. The smallest absolute Gasteiger partial charge is 0.137 e. The van der Waals surface area contributed by atoms with Crippen molar-refractivity contribution >= 4 is 0 Å². The maximum atomic E-state index is 4.32. The molecule has 0 bridgehead atoms. The molecular formula is C21H30N6. The molecule has 0 fully saturated rings. The number of aryl methyl sites for hydroxylation is 3. The Hall–Kier alpha value is -2.47. The van der Waals surface area contributed by atoms with Gasteiger partial charge in [0.1, 0.15) is 12.7 Å². The highest BCUT2D eigenvalue weighted by Gasteiger charge is 2.13. The van der Waals surface area contributed by atoms with E-state index in [1.165, 1.54) is 27.8 Å². The van der Waals surface area contributed by atoms with Gasteiger partial charge in [0.2, 0.25) is 0 Å². The molecule has 0 unspecified atom stereocenters. The van der Waals surface area contributed by atoms with E-state index in [9.17, 15) is 0 Å². The molecule has 0 amide bonds. The number of aromatic nitrogens is 5. The minimum atomic E-state index is 0.613. The largest absolute Gasteiger partial charge is 0.294 e. The Kier molecular flexibility index (Phi) is 6.06. The Morgan fingerprint density at radius 1 is 1.04 bits per heavy atom. The quantitative estimate of drug-likeness (QED) is 0.614. The van der Waals surface area contributed by atoms with Crippen molar-refractivity contribution in [3.05, 3.63) is 65.0 Å². The molecule has 144 valence electrons. The molecule has 0 aliphatic heterocycles. The van der Waals surface area contributed by atoms with E-state index in [1.807, 2.05) is 22.6 Å². The highest BCUT2D eigenvalue weighted by Crippen LogP contribution is 2.20. The van der Waals surface area contributed by atoms with Crippen LogP contribution in [0.4, 0.5) is 0 Å². The number of benzene rings is 1. The van der Waals surface area contributed by atoms with Crippen molar-refractivity contribution in [3.63, 3.8) is 0 Å². The number of rotatable bonds is 8. The van der Waals surface area contributed by atoms with Crippen molar-refractivity contribution in [2.24, 2.45) is 13.0 Å². The molecule has 3 aromatic rings. The summed E-state index contributed by atoms with van der Waals surface area (Å²) in [5, 5.41) is 8.56. The fourth-order valence-corrected chi connectivity index (χ4v) is 3.53. The van der Waals surface area contributed by atoms with Crippen LogP contribution in [0.2, 0.25) is 0 Å². The van der Waals surface area contributed by atoms with E-state index < -0.39 is 0 Å². The van der Waals surface area contributed by atoms with Gasteiger partial charge in [-0.3, -0.25) is 9.58 Å². The normalized spacial score (nSPS) is 11.7. The van der Waals surface area contributed by atoms with Gasteiger partial charge in [0.15, 0.2) is 0 Å². The zero-order valence-corrected chi connectivity index (χ0v) is 17.1. The number of hydrogen-bond donors (Lipinski definition) is 0. The maximum absolute atomic E-state index is 4.32. The third-order valence-corrected chi connectivity index (χ3v) is 4.78. The first-order valence-electron chi connectivity index (χ1n) is 9.52. The molecule has 0 saturated heterocycles. The molecule has 6 nitrogen and oxygen atoms in total. The first kappa shape index (κ1) is 19.3. The first-order valence-corrected chi connectivity index (χ1v) is 9.52. The van der Waals surface area contributed by atoms with Crippen LogP contribution in [-0.2, 0) is 26.7 Å². The summed E-state index contributed by atoms with van der Waals surface area (Å²) in [6.07, 6.45) is 7.42. The van der Waals surface area contributed by atoms with Crippen molar-refractivity contribution in [1.29, 1.82) is 0 Å². The SMILES string of the molecule is Cc1cc(C)c(Cn2cncn2)cc1CN(Cc1cnn(C)c1)CC(C)C. The van der Waals surface area contributed by atoms with Gasteiger partial charge >= 0.3 is 0 Å². The van der Waals surface area contributed by atoms with Gasteiger partial charge in [-0.1, -0.05) is 26.0 Å². The van der Waals surface area contributed by atoms with Crippen LogP contribution in [0.5, 0.6) is 0 Å². The fourth-order valence-electron chi connectivity index (χ4n) is 3.53. The lowest BCUT2D eigenvalue weighted by Crippen LogP contribution is -2.27. The van der Waals surface area contributed by atoms with Crippen LogP contribution in [0.3, 0.4) is 0 Å². The summed E-state index contributed by atoms with van der Waals surface area (Å²) in [5.41, 5.74) is 6.57. The van der Waals surface area contributed by atoms with Crippen LogP contribution in [0.1, 0.15) is 41.7 Å². The fraction of sp³-hybridized carbons (Fsp3) is 0.476. The number of nitrogens with zero attached hydrogens (tertiary/aromatic N) is 6. The van der Waals surface area contributed by atoms with Crippen molar-refractivity contribution in [2.75, 3.05) is 6.54 Å². The zero-order chi connectivity index (χ0) is 19.4. The summed E-state index contributed by atoms with van der Waals surface area (Å²) in [4.78, 5) is 6.57. The summed E-state index contributed by atoms with van der Waals surface area (Å²) in [6.45, 7) is 12.6. The van der Waals surface area contributed by atoms with E-state index in [4.69, 9.17) is 0 Å². The summed E-state index contributed by atoms with van der Waals surface area (Å²) in [5.74, 6) is 0.613. The van der Waals surface area contributed by atoms with Crippen LogP contribution in [0.15, 0.2) is 37.2 Å². The predicted molar refractivity (Wildman–Crippen MR) is 107 cm³/mol. The second kappa shape index (κ2) is 8.48. The van der Waals surface area contributed by atoms with Crippen LogP contribution in [0.25, 0.3) is 0 Å². The van der Waals surface area contributed by atoms with Crippen molar-refractivity contribution in [1.82, 2.24) is 29.4 Å². The van der Waals surface area contributed by atoms with Crippen molar-refractivity contribution in [2.45, 2.75) is 47.3 Å². The van der Waals surface area contributed by atoms with Gasteiger partial charge in [0, 0.05) is 38.4 Å². The lowest BCUT2D eigenvalue weighted by molar-refractivity contribution is 0.227. The highest BCUT2D eigenvalue weighted by molar-refractivity contribution is 5.37. The number of hydrogen-bond acceptors (Lipinski definition) is 4. The van der Waals surface area contributed by atoms with E-state index in [0.717, 1.165) is 26.2 Å². The molecular weight excluding hydrogens is 336 g/mol. The molecule has 0 aliphatic carbocycles. The lowest BCUT2D eigenvalue weighted by atomic mass is 9.99.